The van der Waals surface area contributed by atoms with Gasteiger partial charge in [-0.3, -0.25) is 9.59 Å². The summed E-state index contributed by atoms with van der Waals surface area (Å²) in [5, 5.41) is 9.91. The van der Waals surface area contributed by atoms with Gasteiger partial charge in [-0.1, -0.05) is 91.0 Å². The first-order valence-electron chi connectivity index (χ1n) is 11.0. The molecule has 0 saturated carbocycles. The third-order valence-corrected chi connectivity index (χ3v) is 6.93. The first-order chi connectivity index (χ1) is 15.7. The number of aliphatic carboxylic acids is 1. The van der Waals surface area contributed by atoms with Crippen molar-refractivity contribution < 1.29 is 19.4 Å². The van der Waals surface area contributed by atoms with Crippen LogP contribution in [0.5, 0.6) is 0 Å². The summed E-state index contributed by atoms with van der Waals surface area (Å²) in [6.07, 6.45) is -0.173. The normalized spacial score (nSPS) is 12.7. The highest BCUT2D eigenvalue weighted by Crippen LogP contribution is 2.49. The Morgan fingerprint density at radius 2 is 1.18 bits per heavy atom. The summed E-state index contributed by atoms with van der Waals surface area (Å²) in [6, 6.07) is 30.3. The second-order valence-electron chi connectivity index (χ2n) is 8.92. The molecular weight excluding hydrogens is 432 g/mol. The molecule has 4 nitrogen and oxygen atoms in total. The summed E-state index contributed by atoms with van der Waals surface area (Å²) < 4.78 is 4.76. The lowest BCUT2D eigenvalue weighted by Crippen LogP contribution is -2.31. The van der Waals surface area contributed by atoms with E-state index >= 15 is 0 Å². The molecule has 1 unspecified atom stereocenters. The number of carbonyl (C=O) groups is 2. The zero-order chi connectivity index (χ0) is 23.9. The minimum atomic E-state index is -1.00. The van der Waals surface area contributed by atoms with Gasteiger partial charge in [-0.15, -0.1) is 11.8 Å². The van der Waals surface area contributed by atoms with Crippen LogP contribution in [0, 0.1) is 5.92 Å². The van der Waals surface area contributed by atoms with Gasteiger partial charge in [-0.25, -0.2) is 0 Å². The van der Waals surface area contributed by atoms with E-state index in [1.807, 2.05) is 54.6 Å². The lowest BCUT2D eigenvalue weighted by Gasteiger charge is -2.36. The molecule has 0 aromatic heterocycles. The van der Waals surface area contributed by atoms with E-state index in [0.29, 0.717) is 0 Å². The van der Waals surface area contributed by atoms with Crippen molar-refractivity contribution in [2.75, 3.05) is 5.75 Å². The average Bonchev–Trinajstić information content (AvgIpc) is 2.79. The van der Waals surface area contributed by atoms with Crippen LogP contribution in [-0.2, 0) is 19.1 Å². The fourth-order valence-electron chi connectivity index (χ4n) is 3.80. The van der Waals surface area contributed by atoms with E-state index in [9.17, 15) is 14.7 Å². The van der Waals surface area contributed by atoms with E-state index in [1.165, 1.54) is 11.8 Å². The Morgan fingerprint density at radius 1 is 0.788 bits per heavy atom. The number of esters is 1. The van der Waals surface area contributed by atoms with Gasteiger partial charge in [-0.2, -0.15) is 0 Å². The van der Waals surface area contributed by atoms with E-state index in [0.717, 1.165) is 16.7 Å². The van der Waals surface area contributed by atoms with Crippen LogP contribution in [0.4, 0.5) is 0 Å². The number of ether oxygens (including phenoxy) is 1. The number of hydrogen-bond acceptors (Lipinski definition) is 4. The van der Waals surface area contributed by atoms with Gasteiger partial charge < -0.3 is 9.84 Å². The van der Waals surface area contributed by atoms with Crippen LogP contribution in [0.25, 0.3) is 0 Å². The van der Waals surface area contributed by atoms with Gasteiger partial charge in [0.05, 0.1) is 17.1 Å². The largest absolute Gasteiger partial charge is 0.481 e. The number of thioether (sulfide) groups is 1. The van der Waals surface area contributed by atoms with Crippen LogP contribution >= 0.6 is 11.8 Å². The van der Waals surface area contributed by atoms with Gasteiger partial charge in [0.15, 0.2) is 0 Å². The van der Waals surface area contributed by atoms with Gasteiger partial charge in [0.25, 0.3) is 0 Å². The molecule has 0 aliphatic rings. The molecule has 1 N–H and O–H groups in total. The summed E-state index contributed by atoms with van der Waals surface area (Å²) in [5.41, 5.74) is 2.49. The van der Waals surface area contributed by atoms with Gasteiger partial charge in [0.2, 0.25) is 0 Å². The fourth-order valence-corrected chi connectivity index (χ4v) is 5.42. The van der Waals surface area contributed by atoms with Gasteiger partial charge >= 0.3 is 11.9 Å². The second-order valence-corrected chi connectivity index (χ2v) is 10.2. The van der Waals surface area contributed by atoms with E-state index in [4.69, 9.17) is 4.74 Å². The van der Waals surface area contributed by atoms with Crippen molar-refractivity contribution in [2.45, 2.75) is 37.5 Å². The van der Waals surface area contributed by atoms with E-state index in [-0.39, 0.29) is 12.2 Å². The average molecular weight is 463 g/mol. The van der Waals surface area contributed by atoms with Crippen LogP contribution in [0.2, 0.25) is 0 Å². The molecule has 0 bridgehead atoms. The van der Waals surface area contributed by atoms with E-state index in [2.05, 4.69) is 36.4 Å². The number of hydrogen-bond donors (Lipinski definition) is 1. The molecule has 3 aromatic carbocycles. The Bertz CT molecular complexity index is 947. The van der Waals surface area contributed by atoms with Crippen molar-refractivity contribution in [1.82, 2.24) is 0 Å². The summed E-state index contributed by atoms with van der Waals surface area (Å²) in [5.74, 6) is -2.13. The summed E-state index contributed by atoms with van der Waals surface area (Å²) >= 11 is 1.54. The van der Waals surface area contributed by atoms with Crippen molar-refractivity contribution in [2.24, 2.45) is 5.92 Å². The summed E-state index contributed by atoms with van der Waals surface area (Å²) in [7, 11) is 0. The fraction of sp³-hybridized carbons (Fsp3) is 0.286. The molecule has 1 atom stereocenters. The Labute approximate surface area is 200 Å². The zero-order valence-electron chi connectivity index (χ0n) is 19.2. The van der Waals surface area contributed by atoms with Crippen molar-refractivity contribution in [3.63, 3.8) is 0 Å². The molecule has 172 valence electrons. The second kappa shape index (κ2) is 10.7. The third-order valence-electron chi connectivity index (χ3n) is 5.22. The van der Waals surface area contributed by atoms with Crippen molar-refractivity contribution in [3.8, 4) is 0 Å². The molecule has 0 heterocycles. The Balaban J connectivity index is 2.03. The molecule has 3 rings (SSSR count). The minimum Gasteiger partial charge on any atom is -0.481 e. The molecule has 5 heteroatoms. The quantitative estimate of drug-likeness (QED) is 0.305. The summed E-state index contributed by atoms with van der Waals surface area (Å²) in [6.45, 7) is 5.34. The van der Waals surface area contributed by atoms with E-state index < -0.39 is 28.2 Å². The molecule has 0 radical (unpaired) electrons. The maximum atomic E-state index is 12.4. The highest BCUT2D eigenvalue weighted by atomic mass is 32.2. The Kier molecular flexibility index (Phi) is 7.98. The molecule has 0 spiro atoms. The maximum absolute atomic E-state index is 12.4. The number of rotatable bonds is 9. The Morgan fingerprint density at radius 3 is 1.52 bits per heavy atom. The van der Waals surface area contributed by atoms with Crippen molar-refractivity contribution in [3.05, 3.63) is 108 Å². The smallest absolute Gasteiger partial charge is 0.307 e. The number of carbonyl (C=O) groups excluding carboxylic acids is 1. The monoisotopic (exact) mass is 462 g/mol. The highest BCUT2D eigenvalue weighted by Gasteiger charge is 2.38. The topological polar surface area (TPSA) is 63.6 Å². The highest BCUT2D eigenvalue weighted by molar-refractivity contribution is 8.00. The first-order valence-corrected chi connectivity index (χ1v) is 12.0. The molecule has 33 heavy (non-hydrogen) atoms. The zero-order valence-corrected chi connectivity index (χ0v) is 20.0. The molecule has 0 amide bonds. The molecule has 0 aliphatic carbocycles. The standard InChI is InChI=1S/C28H30O4S/c1-27(2,3)32-25(29)19-21(26(30)31)20-33-28(22-13-7-4-8-14-22,23-15-9-5-10-16-23)24-17-11-6-12-18-24/h4-18,21H,19-20H2,1-3H3,(H,30,31). The van der Waals surface area contributed by atoms with Crippen LogP contribution in [-0.4, -0.2) is 28.4 Å². The van der Waals surface area contributed by atoms with Crippen molar-refractivity contribution >= 4 is 23.7 Å². The van der Waals surface area contributed by atoms with Crippen LogP contribution in [0.1, 0.15) is 43.9 Å². The van der Waals surface area contributed by atoms with Crippen LogP contribution in [0.3, 0.4) is 0 Å². The molecule has 0 saturated heterocycles. The van der Waals surface area contributed by atoms with Gasteiger partial charge in [0.1, 0.15) is 5.60 Å². The Hall–Kier alpha value is -3.05. The molecule has 0 fully saturated rings. The first kappa shape index (κ1) is 24.6. The van der Waals surface area contributed by atoms with Crippen LogP contribution < -0.4 is 0 Å². The predicted octanol–water partition coefficient (Wildman–Crippen LogP) is 6.14. The number of carboxylic acids is 1. The van der Waals surface area contributed by atoms with Gasteiger partial charge in [0, 0.05) is 5.75 Å². The predicted molar refractivity (Wildman–Crippen MR) is 133 cm³/mol. The SMILES string of the molecule is CC(C)(C)OC(=O)CC(CSC(c1ccccc1)(c1ccccc1)c1ccccc1)C(=O)O. The number of carboxylic acid groups (broad SMARTS) is 1. The number of benzene rings is 3. The van der Waals surface area contributed by atoms with Crippen molar-refractivity contribution in [1.29, 1.82) is 0 Å². The summed E-state index contributed by atoms with van der Waals surface area (Å²) in [4.78, 5) is 24.5. The molecule has 3 aromatic rings. The van der Waals surface area contributed by atoms with Crippen LogP contribution in [0.15, 0.2) is 91.0 Å². The van der Waals surface area contributed by atoms with E-state index in [1.54, 1.807) is 20.8 Å². The third kappa shape index (κ3) is 6.26. The lowest BCUT2D eigenvalue weighted by atomic mass is 9.84. The molecule has 0 aliphatic heterocycles. The maximum Gasteiger partial charge on any atom is 0.307 e. The van der Waals surface area contributed by atoms with Gasteiger partial charge in [-0.05, 0) is 37.5 Å². The molecular formula is C28H30O4S. The lowest BCUT2D eigenvalue weighted by molar-refractivity contribution is -0.159. The minimum absolute atomic E-state index is 0.173.